The average Bonchev–Trinajstić information content (AvgIpc) is 2.28. The molecule has 0 bridgehead atoms. The van der Waals surface area contributed by atoms with Gasteiger partial charge in [0.2, 0.25) is 0 Å². The molecule has 0 saturated heterocycles. The number of hydrogen-bond donors (Lipinski definition) is 1. The molecule has 0 spiro atoms. The van der Waals surface area contributed by atoms with Crippen LogP contribution in [0.15, 0.2) is 30.3 Å². The van der Waals surface area contributed by atoms with Crippen LogP contribution in [0.4, 0.5) is 0 Å². The SMILES string of the molecule is CC(CCNC(C)(C)C)N(C)Cc1ccccc1. The van der Waals surface area contributed by atoms with Crippen molar-refractivity contribution in [2.45, 2.75) is 52.2 Å². The molecule has 0 aliphatic carbocycles. The standard InChI is InChI=1S/C16H28N2/c1-14(11-12-17-16(2,3)4)18(5)13-15-9-7-6-8-10-15/h6-10,14,17H,11-13H2,1-5H3. The molecule has 0 aliphatic rings. The molecule has 0 heterocycles. The molecule has 0 aliphatic heterocycles. The van der Waals surface area contributed by atoms with Gasteiger partial charge in [-0.1, -0.05) is 30.3 Å². The summed E-state index contributed by atoms with van der Waals surface area (Å²) < 4.78 is 0. The van der Waals surface area contributed by atoms with Gasteiger partial charge in [-0.25, -0.2) is 0 Å². The first-order valence-electron chi connectivity index (χ1n) is 6.88. The minimum absolute atomic E-state index is 0.220. The lowest BCUT2D eigenvalue weighted by Gasteiger charge is -2.27. The molecule has 0 amide bonds. The molecular weight excluding hydrogens is 220 g/mol. The van der Waals surface area contributed by atoms with Crippen molar-refractivity contribution in [3.63, 3.8) is 0 Å². The van der Waals surface area contributed by atoms with Gasteiger partial charge >= 0.3 is 0 Å². The molecule has 1 rings (SSSR count). The third-order valence-corrected chi connectivity index (χ3v) is 3.24. The summed E-state index contributed by atoms with van der Waals surface area (Å²) >= 11 is 0. The van der Waals surface area contributed by atoms with Crippen molar-refractivity contribution < 1.29 is 0 Å². The van der Waals surface area contributed by atoms with Crippen molar-refractivity contribution in [1.29, 1.82) is 0 Å². The number of rotatable bonds is 6. The highest BCUT2D eigenvalue weighted by atomic mass is 15.1. The maximum Gasteiger partial charge on any atom is 0.0233 e. The van der Waals surface area contributed by atoms with Gasteiger partial charge in [0.1, 0.15) is 0 Å². The second kappa shape index (κ2) is 6.91. The molecular formula is C16H28N2. The summed E-state index contributed by atoms with van der Waals surface area (Å²) in [5, 5.41) is 3.54. The summed E-state index contributed by atoms with van der Waals surface area (Å²) in [7, 11) is 2.20. The van der Waals surface area contributed by atoms with Crippen molar-refractivity contribution in [3.05, 3.63) is 35.9 Å². The highest BCUT2D eigenvalue weighted by Gasteiger charge is 2.12. The zero-order valence-corrected chi connectivity index (χ0v) is 12.5. The molecule has 1 unspecified atom stereocenters. The van der Waals surface area contributed by atoms with Crippen LogP contribution in [0.5, 0.6) is 0 Å². The topological polar surface area (TPSA) is 15.3 Å². The third kappa shape index (κ3) is 6.18. The Kier molecular flexibility index (Phi) is 5.83. The summed E-state index contributed by atoms with van der Waals surface area (Å²) in [6, 6.07) is 11.3. The van der Waals surface area contributed by atoms with Gasteiger partial charge in [-0.05, 0) is 53.3 Å². The normalized spacial score (nSPS) is 13.9. The van der Waals surface area contributed by atoms with E-state index in [-0.39, 0.29) is 5.54 Å². The van der Waals surface area contributed by atoms with Crippen LogP contribution >= 0.6 is 0 Å². The van der Waals surface area contributed by atoms with Gasteiger partial charge in [-0.2, -0.15) is 0 Å². The van der Waals surface area contributed by atoms with Crippen LogP contribution in [-0.4, -0.2) is 30.1 Å². The molecule has 1 aromatic carbocycles. The number of benzene rings is 1. The molecule has 102 valence electrons. The predicted molar refractivity (Wildman–Crippen MR) is 79.7 cm³/mol. The van der Waals surface area contributed by atoms with Crippen LogP contribution in [0.2, 0.25) is 0 Å². The van der Waals surface area contributed by atoms with Crippen molar-refractivity contribution in [2.75, 3.05) is 13.6 Å². The van der Waals surface area contributed by atoms with Crippen molar-refractivity contribution in [1.82, 2.24) is 10.2 Å². The van der Waals surface area contributed by atoms with E-state index in [2.05, 4.69) is 75.3 Å². The zero-order valence-electron chi connectivity index (χ0n) is 12.5. The Bertz CT molecular complexity index is 327. The quantitative estimate of drug-likeness (QED) is 0.831. The molecule has 0 aromatic heterocycles. The molecule has 1 atom stereocenters. The number of nitrogens with one attached hydrogen (secondary N) is 1. The highest BCUT2D eigenvalue weighted by molar-refractivity contribution is 5.14. The van der Waals surface area contributed by atoms with Gasteiger partial charge in [0.25, 0.3) is 0 Å². The van der Waals surface area contributed by atoms with Gasteiger partial charge in [0.15, 0.2) is 0 Å². The summed E-state index contributed by atoms with van der Waals surface area (Å²) in [6.45, 7) is 11.0. The fourth-order valence-electron chi connectivity index (χ4n) is 1.90. The average molecular weight is 248 g/mol. The van der Waals surface area contributed by atoms with Crippen LogP contribution < -0.4 is 5.32 Å². The van der Waals surface area contributed by atoms with E-state index in [1.807, 2.05) is 0 Å². The van der Waals surface area contributed by atoms with E-state index in [4.69, 9.17) is 0 Å². The van der Waals surface area contributed by atoms with E-state index in [9.17, 15) is 0 Å². The Hall–Kier alpha value is -0.860. The third-order valence-electron chi connectivity index (χ3n) is 3.24. The second-order valence-corrected chi connectivity index (χ2v) is 6.22. The number of nitrogens with zero attached hydrogens (tertiary/aromatic N) is 1. The fourth-order valence-corrected chi connectivity index (χ4v) is 1.90. The smallest absolute Gasteiger partial charge is 0.0233 e. The first kappa shape index (κ1) is 15.2. The Balaban J connectivity index is 2.31. The summed E-state index contributed by atoms with van der Waals surface area (Å²) in [5.41, 5.74) is 1.60. The fraction of sp³-hybridized carbons (Fsp3) is 0.625. The molecule has 0 saturated carbocycles. The Morgan fingerprint density at radius 1 is 1.17 bits per heavy atom. The monoisotopic (exact) mass is 248 g/mol. The summed E-state index contributed by atoms with van der Waals surface area (Å²) in [5.74, 6) is 0. The molecule has 1 N–H and O–H groups in total. The first-order valence-corrected chi connectivity index (χ1v) is 6.88. The van der Waals surface area contributed by atoms with Gasteiger partial charge in [0.05, 0.1) is 0 Å². The highest BCUT2D eigenvalue weighted by Crippen LogP contribution is 2.08. The summed E-state index contributed by atoms with van der Waals surface area (Å²) in [6.07, 6.45) is 1.18. The van der Waals surface area contributed by atoms with Crippen LogP contribution in [0.1, 0.15) is 39.7 Å². The molecule has 0 fully saturated rings. The van der Waals surface area contributed by atoms with Crippen molar-refractivity contribution in [2.24, 2.45) is 0 Å². The molecule has 2 nitrogen and oxygen atoms in total. The Labute approximate surface area is 112 Å². The van der Waals surface area contributed by atoms with Gasteiger partial charge in [-0.15, -0.1) is 0 Å². The lowest BCUT2D eigenvalue weighted by molar-refractivity contribution is 0.231. The van der Waals surface area contributed by atoms with Gasteiger partial charge < -0.3 is 5.32 Å². The van der Waals surface area contributed by atoms with Crippen LogP contribution in [0, 0.1) is 0 Å². The predicted octanol–water partition coefficient (Wildman–Crippen LogP) is 3.29. The lowest BCUT2D eigenvalue weighted by Crippen LogP contribution is -2.39. The van der Waals surface area contributed by atoms with Crippen molar-refractivity contribution >= 4 is 0 Å². The first-order chi connectivity index (χ1) is 8.38. The molecule has 18 heavy (non-hydrogen) atoms. The van der Waals surface area contributed by atoms with E-state index < -0.39 is 0 Å². The van der Waals surface area contributed by atoms with Crippen LogP contribution in [0.25, 0.3) is 0 Å². The van der Waals surface area contributed by atoms with Crippen LogP contribution in [-0.2, 0) is 6.54 Å². The molecule has 0 radical (unpaired) electrons. The van der Waals surface area contributed by atoms with E-state index in [0.29, 0.717) is 6.04 Å². The van der Waals surface area contributed by atoms with Gasteiger partial charge in [0, 0.05) is 18.1 Å². The van der Waals surface area contributed by atoms with E-state index in [1.165, 1.54) is 12.0 Å². The van der Waals surface area contributed by atoms with E-state index in [0.717, 1.165) is 13.1 Å². The Morgan fingerprint density at radius 3 is 2.33 bits per heavy atom. The number of hydrogen-bond acceptors (Lipinski definition) is 2. The van der Waals surface area contributed by atoms with Crippen LogP contribution in [0.3, 0.4) is 0 Å². The largest absolute Gasteiger partial charge is 0.312 e. The van der Waals surface area contributed by atoms with Gasteiger partial charge in [-0.3, -0.25) is 4.90 Å². The maximum absolute atomic E-state index is 3.54. The maximum atomic E-state index is 3.54. The summed E-state index contributed by atoms with van der Waals surface area (Å²) in [4.78, 5) is 2.42. The zero-order chi connectivity index (χ0) is 13.6. The molecule has 1 aromatic rings. The minimum atomic E-state index is 0.220. The lowest BCUT2D eigenvalue weighted by atomic mass is 10.1. The second-order valence-electron chi connectivity index (χ2n) is 6.22. The minimum Gasteiger partial charge on any atom is -0.312 e. The Morgan fingerprint density at radius 2 is 1.78 bits per heavy atom. The van der Waals surface area contributed by atoms with E-state index in [1.54, 1.807) is 0 Å². The van der Waals surface area contributed by atoms with Crippen molar-refractivity contribution in [3.8, 4) is 0 Å². The van der Waals surface area contributed by atoms with E-state index >= 15 is 0 Å². The molecule has 2 heteroatoms.